The van der Waals surface area contributed by atoms with Gasteiger partial charge >= 0.3 is 5.97 Å². The van der Waals surface area contributed by atoms with Crippen molar-refractivity contribution in [2.45, 2.75) is 53.4 Å². The number of allylic oxidation sites excluding steroid dienone is 3. The van der Waals surface area contributed by atoms with Crippen molar-refractivity contribution in [1.82, 2.24) is 15.0 Å². The van der Waals surface area contributed by atoms with E-state index in [4.69, 9.17) is 15.1 Å². The van der Waals surface area contributed by atoms with Crippen molar-refractivity contribution in [3.63, 3.8) is 0 Å². The number of aromatic amines is 2. The summed E-state index contributed by atoms with van der Waals surface area (Å²) in [5.74, 6) is -0.320. The van der Waals surface area contributed by atoms with Crippen LogP contribution in [0.2, 0.25) is 0 Å². The van der Waals surface area contributed by atoms with Gasteiger partial charge in [0, 0.05) is 38.6 Å². The average molecular weight is 533 g/mol. The molecule has 204 valence electrons. The fourth-order valence-corrected chi connectivity index (χ4v) is 5.68. The van der Waals surface area contributed by atoms with Crippen LogP contribution in [-0.2, 0) is 14.9 Å². The van der Waals surface area contributed by atoms with E-state index in [0.717, 1.165) is 72.4 Å². The molecular formula is C34H36N4O2. The predicted octanol–water partition coefficient (Wildman–Crippen LogP) is 7.12. The van der Waals surface area contributed by atoms with E-state index < -0.39 is 5.41 Å². The third-order valence-electron chi connectivity index (χ3n) is 8.68. The summed E-state index contributed by atoms with van der Waals surface area (Å²) in [5.41, 5.74) is 12.9. The largest absolute Gasteiger partial charge is 0.466 e. The molecule has 0 fully saturated rings. The van der Waals surface area contributed by atoms with E-state index in [9.17, 15) is 4.79 Å². The molecule has 1 aliphatic carbocycles. The van der Waals surface area contributed by atoms with Crippen LogP contribution in [0.15, 0.2) is 54.6 Å². The summed E-state index contributed by atoms with van der Waals surface area (Å²) < 4.78 is 5.07. The van der Waals surface area contributed by atoms with E-state index >= 15 is 0 Å². The molecule has 1 atom stereocenters. The van der Waals surface area contributed by atoms with Gasteiger partial charge in [0.1, 0.15) is 0 Å². The third kappa shape index (κ3) is 4.34. The highest BCUT2D eigenvalue weighted by molar-refractivity contribution is 5.93. The molecule has 6 bridgehead atoms. The van der Waals surface area contributed by atoms with Gasteiger partial charge in [-0.2, -0.15) is 0 Å². The third-order valence-corrected chi connectivity index (χ3v) is 8.68. The Morgan fingerprint density at radius 2 is 1.62 bits per heavy atom. The monoisotopic (exact) mass is 532 g/mol. The van der Waals surface area contributed by atoms with Crippen molar-refractivity contribution in [1.29, 1.82) is 5.41 Å². The Balaban J connectivity index is 1.96. The number of methoxy groups -OCH3 is 1. The summed E-state index contributed by atoms with van der Waals surface area (Å²) in [5, 5.41) is 9.26. The molecule has 2 aliphatic rings. The Hall–Kier alpha value is -4.45. The predicted molar refractivity (Wildman–Crippen MR) is 163 cm³/mol. The minimum Gasteiger partial charge on any atom is -0.466 e. The molecule has 6 heteroatoms. The first-order valence-electron chi connectivity index (χ1n) is 13.5. The average Bonchev–Trinajstić information content (AvgIpc) is 3.49. The number of fused-ring (bicyclic) bond motifs is 9. The van der Waals surface area contributed by atoms with Crippen LogP contribution < -0.4 is 5.36 Å². The fourth-order valence-electron chi connectivity index (χ4n) is 5.68. The molecule has 3 N–H and O–H groups in total. The molecule has 0 radical (unpaired) electrons. The first kappa shape index (κ1) is 27.1. The van der Waals surface area contributed by atoms with Crippen LogP contribution in [0.5, 0.6) is 0 Å². The number of hydrogen-bond donors (Lipinski definition) is 3. The van der Waals surface area contributed by atoms with Gasteiger partial charge in [0.15, 0.2) is 0 Å². The fraction of sp³-hybridized carbons (Fsp3) is 0.265. The second kappa shape index (κ2) is 9.94. The molecule has 5 rings (SSSR count). The number of nitrogens with one attached hydrogen (secondary N) is 3. The molecule has 0 saturated heterocycles. The summed E-state index contributed by atoms with van der Waals surface area (Å²) in [6.45, 7) is 16.5. The van der Waals surface area contributed by atoms with Gasteiger partial charge in [-0.25, -0.2) is 4.79 Å². The van der Waals surface area contributed by atoms with Crippen molar-refractivity contribution in [2.24, 2.45) is 0 Å². The maximum Gasteiger partial charge on any atom is 0.333 e. The van der Waals surface area contributed by atoms with E-state index in [1.807, 2.05) is 38.1 Å². The van der Waals surface area contributed by atoms with Gasteiger partial charge in [-0.1, -0.05) is 30.9 Å². The van der Waals surface area contributed by atoms with Gasteiger partial charge < -0.3 is 20.1 Å². The number of carbonyl (C=O) groups is 1. The van der Waals surface area contributed by atoms with E-state index in [1.165, 1.54) is 7.11 Å². The van der Waals surface area contributed by atoms with Crippen LogP contribution in [0.3, 0.4) is 0 Å². The summed E-state index contributed by atoms with van der Waals surface area (Å²) in [6, 6.07) is 10.2. The number of H-pyrrole nitrogens is 2. The van der Waals surface area contributed by atoms with E-state index in [0.29, 0.717) is 17.4 Å². The summed E-state index contributed by atoms with van der Waals surface area (Å²) in [4.78, 5) is 24.8. The molecule has 0 spiro atoms. The quantitative estimate of drug-likeness (QED) is 0.307. The number of carbonyl (C=O) groups excluding carboxylic acids is 1. The molecule has 3 aromatic rings. The van der Waals surface area contributed by atoms with Crippen LogP contribution in [-0.4, -0.2) is 28.0 Å². The van der Waals surface area contributed by atoms with Gasteiger partial charge in [0.25, 0.3) is 0 Å². The zero-order valence-electron chi connectivity index (χ0n) is 24.3. The topological polar surface area (TPSA) is 94.6 Å². The SMILES string of the molecule is C=Cc1c(C)c2cc3nc(cc4[nH]c(ccc(C)c(C)c(=N)cc1[nH]2)c(C)c4C)[C@]1(C)CC(C(=O)OC)=CC=C31. The highest BCUT2D eigenvalue weighted by Crippen LogP contribution is 2.48. The summed E-state index contributed by atoms with van der Waals surface area (Å²) in [7, 11) is 1.42. The number of aryl methyl sites for hydroxylation is 4. The molecule has 3 aromatic heterocycles. The molecule has 0 aromatic carbocycles. The standard InChI is InChI=1S/C34H36N4O2/c1-9-24-22(6)28-15-31-25-12-11-23(33(39)40-8)17-34(25,7)32(38-31)16-29-21(5)20(4)27(36-29)13-10-18(2)19(3)26(35)14-30(24)37-28/h9-16,35-37H,1,17H2,2-8H3/t34-/m1/s1. The minimum absolute atomic E-state index is 0.320. The van der Waals surface area contributed by atoms with Crippen LogP contribution in [0.25, 0.3) is 33.7 Å². The van der Waals surface area contributed by atoms with Gasteiger partial charge in [0.05, 0.1) is 23.9 Å². The first-order chi connectivity index (χ1) is 19.0. The second-order valence-electron chi connectivity index (χ2n) is 11.0. The maximum absolute atomic E-state index is 12.5. The number of nitrogens with zero attached hydrogens (tertiary/aromatic N) is 1. The Morgan fingerprint density at radius 3 is 2.33 bits per heavy atom. The van der Waals surface area contributed by atoms with Crippen molar-refractivity contribution in [2.75, 3.05) is 7.11 Å². The van der Waals surface area contributed by atoms with Gasteiger partial charge in [-0.15, -0.1) is 0 Å². The summed E-state index contributed by atoms with van der Waals surface area (Å²) in [6.07, 6.45) is 6.17. The molecule has 6 nitrogen and oxygen atoms in total. The van der Waals surface area contributed by atoms with Gasteiger partial charge in [-0.05, 0) is 106 Å². The lowest BCUT2D eigenvalue weighted by Crippen LogP contribution is -2.25. The van der Waals surface area contributed by atoms with Crippen molar-refractivity contribution >= 4 is 39.7 Å². The number of aromatic nitrogens is 3. The lowest BCUT2D eigenvalue weighted by Gasteiger charge is -2.29. The minimum atomic E-state index is -0.508. The smallest absolute Gasteiger partial charge is 0.333 e. The summed E-state index contributed by atoms with van der Waals surface area (Å²) >= 11 is 0. The second-order valence-corrected chi connectivity index (χ2v) is 11.0. The van der Waals surface area contributed by atoms with Crippen molar-refractivity contribution in [3.05, 3.63) is 105 Å². The number of esters is 1. The number of ether oxygens (including phenoxy) is 1. The normalized spacial score (nSPS) is 17.0. The number of rotatable bonds is 2. The number of hydrogen-bond acceptors (Lipinski definition) is 4. The van der Waals surface area contributed by atoms with Crippen LogP contribution >= 0.6 is 0 Å². The maximum atomic E-state index is 12.5. The van der Waals surface area contributed by atoms with Crippen molar-refractivity contribution in [3.8, 4) is 0 Å². The van der Waals surface area contributed by atoms with Crippen LogP contribution in [0.4, 0.5) is 0 Å². The molecular weight excluding hydrogens is 496 g/mol. The lowest BCUT2D eigenvalue weighted by atomic mass is 9.72. The van der Waals surface area contributed by atoms with E-state index in [1.54, 1.807) is 0 Å². The first-order valence-corrected chi connectivity index (χ1v) is 13.5. The van der Waals surface area contributed by atoms with E-state index in [-0.39, 0.29) is 5.97 Å². The van der Waals surface area contributed by atoms with Gasteiger partial charge in [-0.3, -0.25) is 4.98 Å². The zero-order chi connectivity index (χ0) is 28.9. The Morgan fingerprint density at radius 1 is 0.950 bits per heavy atom. The molecule has 40 heavy (non-hydrogen) atoms. The molecule has 0 saturated carbocycles. The Bertz CT molecular complexity index is 1880. The van der Waals surface area contributed by atoms with Gasteiger partial charge in [0.2, 0.25) is 0 Å². The highest BCUT2D eigenvalue weighted by atomic mass is 16.5. The molecule has 0 amide bonds. The van der Waals surface area contributed by atoms with Crippen molar-refractivity contribution < 1.29 is 9.53 Å². The van der Waals surface area contributed by atoms with Crippen LogP contribution in [0.1, 0.15) is 58.1 Å². The molecule has 0 unspecified atom stereocenters. The molecule has 4 heterocycles. The lowest BCUT2D eigenvalue weighted by molar-refractivity contribution is -0.136. The highest BCUT2D eigenvalue weighted by Gasteiger charge is 2.42. The zero-order valence-corrected chi connectivity index (χ0v) is 24.3. The Kier molecular flexibility index (Phi) is 6.74. The van der Waals surface area contributed by atoms with E-state index in [2.05, 4.69) is 68.5 Å². The Labute approximate surface area is 234 Å². The molecule has 1 aliphatic heterocycles. The van der Waals surface area contributed by atoms with Crippen LogP contribution in [0, 0.1) is 40.0 Å².